The summed E-state index contributed by atoms with van der Waals surface area (Å²) in [5.41, 5.74) is 0.0509. The third-order valence-electron chi connectivity index (χ3n) is 2.79. The number of benzene rings is 2. The van der Waals surface area contributed by atoms with Crippen molar-refractivity contribution in [3.8, 4) is 0 Å². The first-order valence-electron chi connectivity index (χ1n) is 5.99. The number of rotatable bonds is 4. The molecule has 2 rings (SSSR count). The second-order valence-electron chi connectivity index (χ2n) is 4.08. The van der Waals surface area contributed by atoms with Crippen LogP contribution in [0.5, 0.6) is 0 Å². The number of halogens is 2. The van der Waals surface area contributed by atoms with Gasteiger partial charge in [-0.2, -0.15) is 0 Å². The van der Waals surface area contributed by atoms with Gasteiger partial charge in [-0.15, -0.1) is 0 Å². The molecule has 0 spiro atoms. The van der Waals surface area contributed by atoms with Crippen LogP contribution >= 0.6 is 15.9 Å². The van der Waals surface area contributed by atoms with Crippen LogP contribution in [0.4, 0.5) is 10.1 Å². The van der Waals surface area contributed by atoms with E-state index in [1.165, 1.54) is 30.3 Å². The highest BCUT2D eigenvalue weighted by atomic mass is 79.9. The number of hydrogen-bond acceptors (Lipinski definition) is 2. The maximum atomic E-state index is 13.8. The molecule has 0 atom stereocenters. The van der Waals surface area contributed by atoms with Crippen LogP contribution in [0.2, 0.25) is 0 Å². The third-order valence-corrected chi connectivity index (χ3v) is 5.17. The fraction of sp³-hybridized carbons (Fsp3) is 0.143. The van der Waals surface area contributed by atoms with E-state index in [1.54, 1.807) is 25.1 Å². The Morgan fingerprint density at radius 1 is 1.15 bits per heavy atom. The molecule has 0 radical (unpaired) electrons. The molecule has 0 heterocycles. The summed E-state index contributed by atoms with van der Waals surface area (Å²) < 4.78 is 40.8. The van der Waals surface area contributed by atoms with Gasteiger partial charge >= 0.3 is 0 Å². The molecule has 0 saturated carbocycles. The molecule has 0 fully saturated rings. The van der Waals surface area contributed by atoms with Gasteiger partial charge < -0.3 is 0 Å². The average molecular weight is 358 g/mol. The van der Waals surface area contributed by atoms with E-state index in [2.05, 4.69) is 15.9 Å². The van der Waals surface area contributed by atoms with Crippen molar-refractivity contribution >= 4 is 31.6 Å². The summed E-state index contributed by atoms with van der Waals surface area (Å²) in [7, 11) is -3.79. The highest BCUT2D eigenvalue weighted by molar-refractivity contribution is 9.10. The van der Waals surface area contributed by atoms with E-state index in [1.807, 2.05) is 0 Å². The molecule has 0 bridgehead atoms. The summed E-state index contributed by atoms with van der Waals surface area (Å²) in [6.07, 6.45) is 0. The van der Waals surface area contributed by atoms with E-state index in [-0.39, 0.29) is 17.1 Å². The first-order valence-corrected chi connectivity index (χ1v) is 8.23. The Morgan fingerprint density at radius 3 is 2.45 bits per heavy atom. The van der Waals surface area contributed by atoms with Crippen molar-refractivity contribution in [3.63, 3.8) is 0 Å². The molecule has 0 aliphatic carbocycles. The molecular formula is C14H13BrFNO2S. The van der Waals surface area contributed by atoms with E-state index in [9.17, 15) is 12.8 Å². The number of para-hydroxylation sites is 1. The fourth-order valence-electron chi connectivity index (χ4n) is 1.88. The third kappa shape index (κ3) is 2.86. The number of anilines is 1. The lowest BCUT2D eigenvalue weighted by atomic mass is 10.3. The molecule has 0 aliphatic rings. The van der Waals surface area contributed by atoms with Gasteiger partial charge in [-0.1, -0.05) is 34.1 Å². The predicted octanol–water partition coefficient (Wildman–Crippen LogP) is 3.80. The minimum atomic E-state index is -3.79. The van der Waals surface area contributed by atoms with Crippen molar-refractivity contribution < 1.29 is 12.8 Å². The Bertz CT molecular complexity index is 719. The SMILES string of the molecule is CCN(c1ccccc1F)S(=O)(=O)c1cccc(Br)c1. The normalized spacial score (nSPS) is 11.3. The molecule has 0 aromatic heterocycles. The van der Waals surface area contributed by atoms with Crippen LogP contribution < -0.4 is 4.31 Å². The first-order chi connectivity index (χ1) is 9.46. The van der Waals surface area contributed by atoms with E-state index in [0.29, 0.717) is 4.47 Å². The summed E-state index contributed by atoms with van der Waals surface area (Å²) in [5, 5.41) is 0. The molecule has 0 unspecified atom stereocenters. The number of hydrogen-bond donors (Lipinski definition) is 0. The topological polar surface area (TPSA) is 37.4 Å². The van der Waals surface area contributed by atoms with Gasteiger partial charge in [0, 0.05) is 11.0 Å². The van der Waals surface area contributed by atoms with Gasteiger partial charge in [0.1, 0.15) is 5.82 Å². The molecule has 0 amide bonds. The molecule has 20 heavy (non-hydrogen) atoms. The Kier molecular flexibility index (Phi) is 4.45. The second kappa shape index (κ2) is 5.93. The summed E-state index contributed by atoms with van der Waals surface area (Å²) in [6, 6.07) is 12.2. The Morgan fingerprint density at radius 2 is 1.85 bits per heavy atom. The minimum absolute atomic E-state index is 0.0509. The van der Waals surface area contributed by atoms with E-state index in [0.717, 1.165) is 4.31 Å². The number of nitrogens with zero attached hydrogens (tertiary/aromatic N) is 1. The molecule has 2 aromatic carbocycles. The summed E-state index contributed by atoms with van der Waals surface area (Å²) in [4.78, 5) is 0.122. The number of sulfonamides is 1. The summed E-state index contributed by atoms with van der Waals surface area (Å²) >= 11 is 3.24. The lowest BCUT2D eigenvalue weighted by molar-refractivity contribution is 0.586. The van der Waals surface area contributed by atoms with Crippen LogP contribution in [0.15, 0.2) is 57.9 Å². The fourth-order valence-corrected chi connectivity index (χ4v) is 3.96. The minimum Gasteiger partial charge on any atom is -0.264 e. The molecule has 0 N–H and O–H groups in total. The lowest BCUT2D eigenvalue weighted by Crippen LogP contribution is -2.31. The van der Waals surface area contributed by atoms with Crippen molar-refractivity contribution in [2.75, 3.05) is 10.8 Å². The van der Waals surface area contributed by atoms with Crippen molar-refractivity contribution in [1.29, 1.82) is 0 Å². The molecule has 0 aliphatic heterocycles. The lowest BCUT2D eigenvalue weighted by Gasteiger charge is -2.23. The van der Waals surface area contributed by atoms with Crippen LogP contribution in [0.1, 0.15) is 6.92 Å². The molecule has 0 saturated heterocycles. The average Bonchev–Trinajstić information content (AvgIpc) is 2.41. The second-order valence-corrected chi connectivity index (χ2v) is 6.86. The molecule has 6 heteroatoms. The van der Waals surface area contributed by atoms with Crippen molar-refractivity contribution in [3.05, 3.63) is 58.8 Å². The van der Waals surface area contributed by atoms with Gasteiger partial charge in [-0.25, -0.2) is 12.8 Å². The maximum absolute atomic E-state index is 13.8. The van der Waals surface area contributed by atoms with Gasteiger partial charge in [-0.05, 0) is 37.3 Å². The van der Waals surface area contributed by atoms with Gasteiger partial charge in [0.2, 0.25) is 0 Å². The van der Waals surface area contributed by atoms with Gasteiger partial charge in [0.25, 0.3) is 10.0 Å². The highest BCUT2D eigenvalue weighted by Gasteiger charge is 2.25. The zero-order valence-electron chi connectivity index (χ0n) is 10.8. The van der Waals surface area contributed by atoms with Crippen LogP contribution in [0, 0.1) is 5.82 Å². The van der Waals surface area contributed by atoms with Crippen LogP contribution in [-0.4, -0.2) is 15.0 Å². The quantitative estimate of drug-likeness (QED) is 0.834. The van der Waals surface area contributed by atoms with Crippen molar-refractivity contribution in [1.82, 2.24) is 0 Å². The maximum Gasteiger partial charge on any atom is 0.264 e. The van der Waals surface area contributed by atoms with Crippen LogP contribution in [0.3, 0.4) is 0 Å². The summed E-state index contributed by atoms with van der Waals surface area (Å²) in [6.45, 7) is 1.82. The molecule has 3 nitrogen and oxygen atoms in total. The Hall–Kier alpha value is -1.40. The first kappa shape index (κ1) is 15.0. The molecule has 2 aromatic rings. The van der Waals surface area contributed by atoms with Gasteiger partial charge in [0.15, 0.2) is 0 Å². The molecule has 106 valence electrons. The van der Waals surface area contributed by atoms with Gasteiger partial charge in [0.05, 0.1) is 10.6 Å². The van der Waals surface area contributed by atoms with Crippen LogP contribution in [0.25, 0.3) is 0 Å². The monoisotopic (exact) mass is 357 g/mol. The van der Waals surface area contributed by atoms with Gasteiger partial charge in [-0.3, -0.25) is 4.31 Å². The largest absolute Gasteiger partial charge is 0.264 e. The predicted molar refractivity (Wildman–Crippen MR) is 80.7 cm³/mol. The Balaban J connectivity index is 2.54. The van der Waals surface area contributed by atoms with Crippen LogP contribution in [-0.2, 0) is 10.0 Å². The zero-order valence-corrected chi connectivity index (χ0v) is 13.2. The summed E-state index contributed by atoms with van der Waals surface area (Å²) in [5.74, 6) is -0.562. The zero-order chi connectivity index (χ0) is 14.8. The standard InChI is InChI=1S/C14H13BrFNO2S/c1-2-17(14-9-4-3-8-13(14)16)20(18,19)12-7-5-6-11(15)10-12/h3-10H,2H2,1H3. The smallest absolute Gasteiger partial charge is 0.264 e. The van der Waals surface area contributed by atoms with E-state index >= 15 is 0 Å². The van der Waals surface area contributed by atoms with Crippen molar-refractivity contribution in [2.24, 2.45) is 0 Å². The molecular weight excluding hydrogens is 345 g/mol. The van der Waals surface area contributed by atoms with E-state index in [4.69, 9.17) is 0 Å². The highest BCUT2D eigenvalue weighted by Crippen LogP contribution is 2.27. The Labute approximate surface area is 126 Å². The van der Waals surface area contributed by atoms with E-state index < -0.39 is 15.8 Å². The van der Waals surface area contributed by atoms with Crippen molar-refractivity contribution in [2.45, 2.75) is 11.8 Å².